The van der Waals surface area contributed by atoms with Crippen molar-refractivity contribution >= 4 is 28.6 Å². The molecular weight excluding hydrogens is 322 g/mol. The summed E-state index contributed by atoms with van der Waals surface area (Å²) < 4.78 is 0. The van der Waals surface area contributed by atoms with Crippen molar-refractivity contribution in [1.29, 1.82) is 0 Å². The van der Waals surface area contributed by atoms with E-state index in [2.05, 4.69) is 22.8 Å². The summed E-state index contributed by atoms with van der Waals surface area (Å²) in [5.41, 5.74) is 11.7. The quantitative estimate of drug-likeness (QED) is 0.498. The van der Waals surface area contributed by atoms with E-state index in [9.17, 15) is 4.79 Å². The standard InChI is InChI=1S/C22H19N3O/c23-17-11-12-19-18(13-17)20(22(26)25-19)21(16-9-5-2-6-10-16)24-14-15-7-3-1-4-8-15/h1-13,24H,14,23H2,(H,25,26). The zero-order valence-corrected chi connectivity index (χ0v) is 14.2. The largest absolute Gasteiger partial charge is 0.399 e. The molecule has 128 valence electrons. The van der Waals surface area contributed by atoms with E-state index >= 15 is 0 Å². The molecule has 0 saturated heterocycles. The molecule has 4 rings (SSSR count). The van der Waals surface area contributed by atoms with Gasteiger partial charge in [0.1, 0.15) is 0 Å². The van der Waals surface area contributed by atoms with Crippen molar-refractivity contribution < 1.29 is 4.79 Å². The maximum atomic E-state index is 12.7. The van der Waals surface area contributed by atoms with Gasteiger partial charge in [0.15, 0.2) is 0 Å². The van der Waals surface area contributed by atoms with E-state index in [-0.39, 0.29) is 5.91 Å². The highest BCUT2D eigenvalue weighted by Crippen LogP contribution is 2.37. The number of nitrogens with one attached hydrogen (secondary N) is 2. The molecule has 1 amide bonds. The van der Waals surface area contributed by atoms with Gasteiger partial charge in [-0.15, -0.1) is 0 Å². The van der Waals surface area contributed by atoms with E-state index in [0.29, 0.717) is 17.8 Å². The second-order valence-corrected chi connectivity index (χ2v) is 6.21. The van der Waals surface area contributed by atoms with Crippen molar-refractivity contribution in [2.24, 2.45) is 0 Å². The Morgan fingerprint density at radius 2 is 1.62 bits per heavy atom. The number of nitrogens with two attached hydrogens (primary N) is 1. The molecule has 0 saturated carbocycles. The average Bonchev–Trinajstić information content (AvgIpc) is 2.99. The topological polar surface area (TPSA) is 67.1 Å². The lowest BCUT2D eigenvalue weighted by Gasteiger charge is -2.15. The van der Waals surface area contributed by atoms with Crippen molar-refractivity contribution in [3.8, 4) is 0 Å². The summed E-state index contributed by atoms with van der Waals surface area (Å²) in [6.07, 6.45) is 0. The maximum absolute atomic E-state index is 12.7. The SMILES string of the molecule is Nc1ccc2c(c1)C(=C(NCc1ccccc1)c1ccccc1)C(=O)N2. The van der Waals surface area contributed by atoms with Gasteiger partial charge < -0.3 is 16.4 Å². The number of anilines is 2. The Bertz CT molecular complexity index is 979. The summed E-state index contributed by atoms with van der Waals surface area (Å²) in [6.45, 7) is 0.625. The number of benzene rings is 3. The summed E-state index contributed by atoms with van der Waals surface area (Å²) in [5, 5.41) is 6.39. The van der Waals surface area contributed by atoms with Crippen LogP contribution in [-0.2, 0) is 11.3 Å². The smallest absolute Gasteiger partial charge is 0.258 e. The fourth-order valence-corrected chi connectivity index (χ4v) is 3.16. The van der Waals surface area contributed by atoms with Gasteiger partial charge in [-0.1, -0.05) is 60.7 Å². The van der Waals surface area contributed by atoms with Gasteiger partial charge in [-0.3, -0.25) is 4.79 Å². The molecule has 1 aliphatic heterocycles. The van der Waals surface area contributed by atoms with Gasteiger partial charge in [-0.05, 0) is 29.3 Å². The Kier molecular flexibility index (Phi) is 4.15. The van der Waals surface area contributed by atoms with Gasteiger partial charge in [-0.2, -0.15) is 0 Å². The van der Waals surface area contributed by atoms with Gasteiger partial charge in [0, 0.05) is 23.5 Å². The van der Waals surface area contributed by atoms with Crippen molar-refractivity contribution in [2.75, 3.05) is 11.1 Å². The van der Waals surface area contributed by atoms with Crippen LogP contribution in [0.25, 0.3) is 11.3 Å². The third-order valence-corrected chi connectivity index (χ3v) is 4.41. The second kappa shape index (κ2) is 6.76. The van der Waals surface area contributed by atoms with E-state index in [1.54, 1.807) is 6.07 Å². The predicted octanol–water partition coefficient (Wildman–Crippen LogP) is 3.88. The zero-order chi connectivity index (χ0) is 17.9. The molecule has 0 radical (unpaired) electrons. The zero-order valence-electron chi connectivity index (χ0n) is 14.2. The normalized spacial score (nSPS) is 14.5. The molecule has 0 bridgehead atoms. The number of hydrogen-bond donors (Lipinski definition) is 3. The van der Waals surface area contributed by atoms with Crippen LogP contribution in [0.4, 0.5) is 11.4 Å². The second-order valence-electron chi connectivity index (χ2n) is 6.21. The van der Waals surface area contributed by atoms with Crippen molar-refractivity contribution in [3.63, 3.8) is 0 Å². The minimum absolute atomic E-state index is 0.120. The highest BCUT2D eigenvalue weighted by Gasteiger charge is 2.28. The first-order chi connectivity index (χ1) is 12.7. The number of nitrogen functional groups attached to an aromatic ring is 1. The highest BCUT2D eigenvalue weighted by molar-refractivity contribution is 6.36. The summed E-state index contributed by atoms with van der Waals surface area (Å²) in [5.74, 6) is -0.120. The molecule has 1 aliphatic rings. The summed E-state index contributed by atoms with van der Waals surface area (Å²) in [6, 6.07) is 25.5. The Hall–Kier alpha value is -3.53. The molecule has 3 aromatic carbocycles. The Morgan fingerprint density at radius 1 is 0.923 bits per heavy atom. The predicted molar refractivity (Wildman–Crippen MR) is 106 cm³/mol. The van der Waals surface area contributed by atoms with Crippen molar-refractivity contribution in [3.05, 3.63) is 95.6 Å². The molecule has 26 heavy (non-hydrogen) atoms. The van der Waals surface area contributed by atoms with Crippen LogP contribution < -0.4 is 16.4 Å². The number of carbonyl (C=O) groups is 1. The van der Waals surface area contributed by atoms with Crippen LogP contribution in [0.15, 0.2) is 78.9 Å². The lowest BCUT2D eigenvalue weighted by molar-refractivity contribution is -0.110. The molecule has 4 nitrogen and oxygen atoms in total. The van der Waals surface area contributed by atoms with Gasteiger partial charge in [0.2, 0.25) is 0 Å². The molecular formula is C22H19N3O. The van der Waals surface area contributed by atoms with E-state index < -0.39 is 0 Å². The third-order valence-electron chi connectivity index (χ3n) is 4.41. The molecule has 0 fully saturated rings. The van der Waals surface area contributed by atoms with Crippen LogP contribution in [0.5, 0.6) is 0 Å². The molecule has 0 aliphatic carbocycles. The van der Waals surface area contributed by atoms with E-state index in [0.717, 1.165) is 28.1 Å². The molecule has 1 heterocycles. The molecule has 4 N–H and O–H groups in total. The molecule has 0 spiro atoms. The van der Waals surface area contributed by atoms with Crippen LogP contribution in [-0.4, -0.2) is 5.91 Å². The van der Waals surface area contributed by atoms with Gasteiger partial charge in [0.05, 0.1) is 11.3 Å². The Labute approximate surface area is 152 Å². The molecule has 0 aromatic heterocycles. The van der Waals surface area contributed by atoms with Crippen molar-refractivity contribution in [2.45, 2.75) is 6.54 Å². The lowest BCUT2D eigenvalue weighted by atomic mass is 9.99. The lowest BCUT2D eigenvalue weighted by Crippen LogP contribution is -2.16. The minimum atomic E-state index is -0.120. The van der Waals surface area contributed by atoms with Crippen molar-refractivity contribution in [1.82, 2.24) is 5.32 Å². The number of fused-ring (bicyclic) bond motifs is 1. The maximum Gasteiger partial charge on any atom is 0.258 e. The number of carbonyl (C=O) groups excluding carboxylic acids is 1. The first kappa shape index (κ1) is 16.0. The van der Waals surface area contributed by atoms with E-state index in [1.807, 2.05) is 60.7 Å². The summed E-state index contributed by atoms with van der Waals surface area (Å²) in [4.78, 5) is 12.7. The fraction of sp³-hybridized carbons (Fsp3) is 0.0455. The van der Waals surface area contributed by atoms with E-state index in [1.165, 1.54) is 0 Å². The summed E-state index contributed by atoms with van der Waals surface area (Å²) >= 11 is 0. The van der Waals surface area contributed by atoms with Crippen LogP contribution in [0.1, 0.15) is 16.7 Å². The number of rotatable bonds is 4. The fourth-order valence-electron chi connectivity index (χ4n) is 3.16. The van der Waals surface area contributed by atoms with Crippen LogP contribution in [0.2, 0.25) is 0 Å². The monoisotopic (exact) mass is 341 g/mol. The molecule has 0 unspecified atom stereocenters. The van der Waals surface area contributed by atoms with Gasteiger partial charge >= 0.3 is 0 Å². The number of amides is 1. The van der Waals surface area contributed by atoms with Crippen LogP contribution in [0.3, 0.4) is 0 Å². The van der Waals surface area contributed by atoms with Gasteiger partial charge in [-0.25, -0.2) is 0 Å². The number of hydrogen-bond acceptors (Lipinski definition) is 3. The first-order valence-corrected chi connectivity index (χ1v) is 8.51. The van der Waals surface area contributed by atoms with Crippen LogP contribution in [0, 0.1) is 0 Å². The first-order valence-electron chi connectivity index (χ1n) is 8.51. The van der Waals surface area contributed by atoms with Gasteiger partial charge in [0.25, 0.3) is 5.91 Å². The van der Waals surface area contributed by atoms with E-state index in [4.69, 9.17) is 5.73 Å². The molecule has 0 atom stereocenters. The highest BCUT2D eigenvalue weighted by atomic mass is 16.2. The Morgan fingerprint density at radius 3 is 2.35 bits per heavy atom. The molecule has 4 heteroatoms. The summed E-state index contributed by atoms with van der Waals surface area (Å²) in [7, 11) is 0. The third kappa shape index (κ3) is 3.05. The molecule has 3 aromatic rings. The Balaban J connectivity index is 1.82. The average molecular weight is 341 g/mol. The minimum Gasteiger partial charge on any atom is -0.399 e. The van der Waals surface area contributed by atoms with Crippen LogP contribution >= 0.6 is 0 Å².